The van der Waals surface area contributed by atoms with E-state index in [1.807, 2.05) is 37.4 Å². The molecule has 13 heteroatoms. The minimum absolute atomic E-state index is 0.292. The van der Waals surface area contributed by atoms with Crippen LogP contribution in [-0.4, -0.2) is 134 Å². The molecule has 8 N–H and O–H groups in total. The molecular weight excluding hydrogens is 1250 g/mol. The van der Waals surface area contributed by atoms with E-state index in [-0.39, 0.29) is 6.09 Å². The highest BCUT2D eigenvalue weighted by molar-refractivity contribution is 5.86. The molecule has 101 heavy (non-hydrogen) atoms. The topological polar surface area (TPSA) is 162 Å². The van der Waals surface area contributed by atoms with Crippen LogP contribution >= 0.6 is 0 Å². The number of hydrogen-bond donors (Lipinski definition) is 6. The van der Waals surface area contributed by atoms with Crippen LogP contribution in [0.2, 0.25) is 0 Å². The van der Waals surface area contributed by atoms with Crippen LogP contribution in [0.1, 0.15) is 203 Å². The van der Waals surface area contributed by atoms with Gasteiger partial charge in [0.25, 0.3) is 0 Å². The fourth-order valence-electron chi connectivity index (χ4n) is 10.9. The van der Waals surface area contributed by atoms with Crippen molar-refractivity contribution in [1.82, 2.24) is 20.6 Å². The van der Waals surface area contributed by atoms with Crippen molar-refractivity contribution in [2.24, 2.45) is 38.2 Å². The molecule has 5 aromatic carbocycles. The van der Waals surface area contributed by atoms with E-state index >= 15 is 0 Å². The zero-order valence-electron chi connectivity index (χ0n) is 69.0. The summed E-state index contributed by atoms with van der Waals surface area (Å²) < 4.78 is 23.9. The van der Waals surface area contributed by atoms with Crippen molar-refractivity contribution in [3.8, 4) is 17.2 Å². The molecule has 1 amide bonds. The number of benzene rings is 5. The van der Waals surface area contributed by atoms with Gasteiger partial charge in [-0.15, -0.1) is 0 Å². The van der Waals surface area contributed by atoms with Crippen LogP contribution in [0.3, 0.4) is 0 Å². The minimum Gasteiger partial charge on any atom is -0.494 e. The van der Waals surface area contributed by atoms with Crippen molar-refractivity contribution in [3.63, 3.8) is 0 Å². The van der Waals surface area contributed by atoms with Crippen molar-refractivity contribution < 1.29 is 32.7 Å². The Morgan fingerprint density at radius 1 is 0.436 bits per heavy atom. The Kier molecular flexibility index (Phi) is 39.1. The number of nitrogen functional groups attached to an aromatic ring is 1. The summed E-state index contributed by atoms with van der Waals surface area (Å²) in [6.07, 6.45) is 17.1. The van der Waals surface area contributed by atoms with Gasteiger partial charge in [-0.25, -0.2) is 4.79 Å². The van der Waals surface area contributed by atoms with Crippen molar-refractivity contribution in [2.75, 3.05) is 114 Å². The van der Waals surface area contributed by atoms with Crippen molar-refractivity contribution in [1.29, 1.82) is 0 Å². The largest absolute Gasteiger partial charge is 0.494 e. The first-order valence-corrected chi connectivity index (χ1v) is 37.6. The van der Waals surface area contributed by atoms with Gasteiger partial charge in [0.2, 0.25) is 0 Å². The van der Waals surface area contributed by atoms with E-state index in [0.717, 1.165) is 122 Å². The fraction of sp³-hybridized carbons (Fsp3) is 0.602. The van der Waals surface area contributed by atoms with Crippen LogP contribution in [0.25, 0.3) is 21.8 Å². The van der Waals surface area contributed by atoms with E-state index in [9.17, 15) is 4.79 Å². The lowest BCUT2D eigenvalue weighted by Crippen LogP contribution is -2.39. The Balaban J connectivity index is 0.000000413. The monoisotopic (exact) mass is 1400 g/mol. The number of nitrogens with zero attached hydrogens (tertiary/aromatic N) is 2. The van der Waals surface area contributed by atoms with E-state index in [2.05, 4.69) is 286 Å². The number of carbonyl (C=O) groups excluding carboxylic acids is 1. The van der Waals surface area contributed by atoms with Gasteiger partial charge in [0.15, 0.2) is 0 Å². The maximum Gasteiger partial charge on any atom is 0.407 e. The highest BCUT2D eigenvalue weighted by Gasteiger charge is 2.18. The van der Waals surface area contributed by atoms with Gasteiger partial charge in [-0.3, -0.25) is 0 Å². The molecule has 0 bridgehead atoms. The molecule has 0 unspecified atom stereocenters. The van der Waals surface area contributed by atoms with Crippen molar-refractivity contribution >= 4 is 33.6 Å². The molecule has 0 aliphatic rings. The average molecular weight is 1400 g/mol. The van der Waals surface area contributed by atoms with Crippen molar-refractivity contribution in [2.45, 2.75) is 209 Å². The Morgan fingerprint density at radius 2 is 0.832 bits per heavy atom. The van der Waals surface area contributed by atoms with Crippen LogP contribution in [0.15, 0.2) is 122 Å². The average Bonchev–Trinajstić information content (AvgIpc) is 1.69. The lowest BCUT2D eigenvalue weighted by atomic mass is 9.88. The van der Waals surface area contributed by atoms with E-state index < -0.39 is 0 Å². The molecule has 7 aromatic rings. The second-order valence-corrected chi connectivity index (χ2v) is 37.1. The number of rotatable bonds is 27. The van der Waals surface area contributed by atoms with Gasteiger partial charge in [-0.1, -0.05) is 179 Å². The number of alkyl carbamates (subject to hydrolysis) is 1. The zero-order chi connectivity index (χ0) is 76.3. The molecular formula is C88H148N8O5+2. The van der Waals surface area contributed by atoms with Crippen LogP contribution in [0.4, 0.5) is 10.5 Å². The standard InChI is InChI=1S/C18H32NO.C15H25NO.C14H30N2O2.C14H23NO.C14H19N.C13H18N2/c1-18(2,3)15-16-9-11-17(12-10-16)20-14-8-7-13-19(4,5)6;1-15(2,3)12-13-6-8-14(9-7-13)17-11-5-10-16-4;1-14(2,3)9-7-8-10-15-13(17)18-12-11-16(4,5)6;1-14(2,3)11-12-5-7-13(8-6-12)16-10-4-9-15;1-10-5-6-13-12(7-10)11(9-15-13)8-14(2,3)4;1-13(2,3)7-9-8-15-12-5-4-10(14)6-11(9)12/h9-12H,7-8,13-15H2,1-6H3;6-9,16H,5,10-12H2,1-4H3;7-12H2,1-6H3;5-8H,4,9-11,15H2,1-3H3;5-7,9,15H,8H2,1-4H3;4-6,8,15H,7,14H2,1-3H3/q+1;;;;;/p+1. The Labute approximate surface area is 617 Å². The predicted octanol–water partition coefficient (Wildman–Crippen LogP) is 20.4. The molecule has 2 heterocycles. The number of H-pyrrole nitrogens is 2. The van der Waals surface area contributed by atoms with E-state index in [4.69, 9.17) is 30.4 Å². The third-order valence-corrected chi connectivity index (χ3v) is 15.7. The SMILES string of the molecule is CC(C)(C)CCCCNC(=O)OCC[N+](C)(C)C.CC(C)(C)Cc1c[nH]c2ccc(N)cc12.CC(C)(C)Cc1ccc(OCCCC[N+](C)(C)C)cc1.CC(C)(C)Cc1ccc(OCCCN)cc1.CNCCCOc1ccc(CC(C)(C)C)cc1.Cc1ccc2[nH]cc(CC(C)(C)C)c2c1. The normalized spacial score (nSPS) is 12.1. The summed E-state index contributed by atoms with van der Waals surface area (Å²) in [6, 6.07) is 38.0. The molecule has 2 aromatic heterocycles. The van der Waals surface area contributed by atoms with E-state index in [0.29, 0.717) is 58.8 Å². The highest BCUT2D eigenvalue weighted by Crippen LogP contribution is 2.30. The Bertz CT molecular complexity index is 3230. The number of anilines is 1. The number of aromatic amines is 2. The van der Waals surface area contributed by atoms with E-state index in [1.165, 1.54) is 74.6 Å². The van der Waals surface area contributed by atoms with E-state index in [1.54, 1.807) is 0 Å². The number of carbonyl (C=O) groups is 1. The highest BCUT2D eigenvalue weighted by atomic mass is 16.5. The second-order valence-electron chi connectivity index (χ2n) is 37.1. The number of nitrogens with one attached hydrogen (secondary N) is 4. The predicted molar refractivity (Wildman–Crippen MR) is 437 cm³/mol. The number of likely N-dealkylation sites (N-methyl/N-ethyl adjacent to an activating group) is 1. The van der Waals surface area contributed by atoms with Crippen LogP contribution in [0.5, 0.6) is 17.2 Å². The third-order valence-electron chi connectivity index (χ3n) is 15.7. The fourth-order valence-corrected chi connectivity index (χ4v) is 10.9. The molecule has 0 atom stereocenters. The number of aromatic nitrogens is 2. The van der Waals surface area contributed by atoms with Gasteiger partial charge in [-0.05, 0) is 225 Å². The molecule has 0 radical (unpaired) electrons. The molecule has 0 aliphatic heterocycles. The number of aryl methyl sites for hydroxylation is 1. The smallest absolute Gasteiger partial charge is 0.407 e. The number of fused-ring (bicyclic) bond motifs is 2. The first-order valence-electron chi connectivity index (χ1n) is 37.6. The van der Waals surface area contributed by atoms with Gasteiger partial charge in [0, 0.05) is 46.4 Å². The van der Waals surface area contributed by atoms with Crippen LogP contribution in [-0.2, 0) is 36.8 Å². The number of nitrogens with two attached hydrogens (primary N) is 2. The summed E-state index contributed by atoms with van der Waals surface area (Å²) in [5.74, 6) is 2.90. The Hall–Kier alpha value is -6.51. The molecule has 13 nitrogen and oxygen atoms in total. The lowest BCUT2D eigenvalue weighted by Gasteiger charge is -2.23. The maximum absolute atomic E-state index is 11.3. The third kappa shape index (κ3) is 47.4. The summed E-state index contributed by atoms with van der Waals surface area (Å²) >= 11 is 0. The van der Waals surface area contributed by atoms with Gasteiger partial charge < -0.3 is 60.0 Å². The molecule has 0 saturated carbocycles. The van der Waals surface area contributed by atoms with Crippen LogP contribution in [0, 0.1) is 39.4 Å². The number of unbranched alkanes of at least 4 members (excludes halogenated alkanes) is 2. The molecule has 0 fully saturated rings. The summed E-state index contributed by atoms with van der Waals surface area (Å²) in [5.41, 5.74) is 24.7. The molecule has 0 aliphatic carbocycles. The molecule has 7 rings (SSSR count). The number of quaternary nitrogens is 2. The minimum atomic E-state index is -0.292. The second kappa shape index (κ2) is 43.6. The van der Waals surface area contributed by atoms with Gasteiger partial charge in [-0.2, -0.15) is 0 Å². The molecule has 0 saturated heterocycles. The number of ether oxygens (including phenoxy) is 4. The summed E-state index contributed by atoms with van der Waals surface area (Å²) in [7, 11) is 14.9. The maximum atomic E-state index is 11.3. The number of hydrogen-bond acceptors (Lipinski definition) is 8. The lowest BCUT2D eigenvalue weighted by molar-refractivity contribution is -0.870. The summed E-state index contributed by atoms with van der Waals surface area (Å²) in [5, 5.41) is 8.53. The van der Waals surface area contributed by atoms with Gasteiger partial charge >= 0.3 is 6.09 Å². The van der Waals surface area contributed by atoms with Gasteiger partial charge in [0.05, 0.1) is 68.7 Å². The Morgan fingerprint density at radius 3 is 1.22 bits per heavy atom. The quantitative estimate of drug-likeness (QED) is 0.0169. The number of amides is 1. The first-order chi connectivity index (χ1) is 46.7. The summed E-state index contributed by atoms with van der Waals surface area (Å²) in [4.78, 5) is 18.0. The van der Waals surface area contributed by atoms with Crippen molar-refractivity contribution in [3.05, 3.63) is 155 Å². The zero-order valence-corrected chi connectivity index (χ0v) is 69.0. The van der Waals surface area contributed by atoms with Crippen LogP contribution < -0.4 is 36.3 Å². The first kappa shape index (κ1) is 90.6. The summed E-state index contributed by atoms with van der Waals surface area (Å²) in [6.45, 7) is 50.0. The molecule has 568 valence electrons. The molecule has 0 spiro atoms. The van der Waals surface area contributed by atoms with Gasteiger partial charge in [0.1, 0.15) is 30.4 Å².